The fraction of sp³-hybridized carbons (Fsp3) is 0.200. The van der Waals surface area contributed by atoms with E-state index in [0.717, 1.165) is 0 Å². The van der Waals surface area contributed by atoms with Gasteiger partial charge in [-0.2, -0.15) is 5.10 Å². The lowest BCUT2D eigenvalue weighted by molar-refractivity contribution is 0.152. The minimum atomic E-state index is -0.621. The third-order valence-electron chi connectivity index (χ3n) is 1.57. The molecule has 80 valence electrons. The summed E-state index contributed by atoms with van der Waals surface area (Å²) in [5.74, 6) is 0.104. The van der Waals surface area contributed by atoms with Crippen LogP contribution in [0.25, 0.3) is 0 Å². The molecule has 0 aliphatic heterocycles. The Hall–Kier alpha value is -2.04. The Morgan fingerprint density at radius 3 is 3.00 bits per heavy atom. The molecule has 1 aromatic rings. The van der Waals surface area contributed by atoms with Crippen molar-refractivity contribution >= 4 is 12.3 Å². The number of rotatable bonds is 3. The third-order valence-corrected chi connectivity index (χ3v) is 1.57. The van der Waals surface area contributed by atoms with Crippen LogP contribution in [0.2, 0.25) is 0 Å². The molecule has 0 radical (unpaired) electrons. The number of hydrogen-bond acceptors (Lipinski definition) is 4. The fourth-order valence-electron chi connectivity index (χ4n) is 0.915. The first-order valence-corrected chi connectivity index (χ1v) is 4.48. The largest absolute Gasteiger partial charge is 0.507 e. The number of ether oxygens (including phenoxy) is 1. The molecule has 0 spiro atoms. The second-order valence-corrected chi connectivity index (χ2v) is 2.65. The van der Waals surface area contributed by atoms with Crippen LogP contribution < -0.4 is 5.43 Å². The zero-order valence-electron chi connectivity index (χ0n) is 8.30. The van der Waals surface area contributed by atoms with Crippen molar-refractivity contribution in [3.63, 3.8) is 0 Å². The normalized spacial score (nSPS) is 10.2. The van der Waals surface area contributed by atoms with E-state index in [9.17, 15) is 9.90 Å². The molecular formula is C10H12N2O3. The van der Waals surface area contributed by atoms with Crippen molar-refractivity contribution in [3.8, 4) is 5.75 Å². The van der Waals surface area contributed by atoms with E-state index in [2.05, 4.69) is 15.3 Å². The molecule has 0 fully saturated rings. The quantitative estimate of drug-likeness (QED) is 0.583. The maximum absolute atomic E-state index is 10.8. The second kappa shape index (κ2) is 5.64. The smallest absolute Gasteiger partial charge is 0.427 e. The Bertz CT molecular complexity index is 363. The molecule has 0 unspecified atom stereocenters. The van der Waals surface area contributed by atoms with Crippen LogP contribution in [-0.2, 0) is 4.74 Å². The van der Waals surface area contributed by atoms with Crippen LogP contribution in [0.3, 0.4) is 0 Å². The number of phenolic OH excluding ortho intramolecular Hbond substituents is 1. The number of nitrogens with zero attached hydrogens (tertiary/aromatic N) is 1. The van der Waals surface area contributed by atoms with E-state index in [1.807, 2.05) is 0 Å². The first-order valence-electron chi connectivity index (χ1n) is 4.48. The van der Waals surface area contributed by atoms with Gasteiger partial charge < -0.3 is 9.84 Å². The lowest BCUT2D eigenvalue weighted by atomic mass is 10.2. The first-order chi connectivity index (χ1) is 7.24. The Morgan fingerprint density at radius 1 is 1.60 bits per heavy atom. The summed E-state index contributed by atoms with van der Waals surface area (Å²) in [5, 5.41) is 13.0. The van der Waals surface area contributed by atoms with E-state index in [0.29, 0.717) is 5.56 Å². The van der Waals surface area contributed by atoms with Crippen molar-refractivity contribution in [1.29, 1.82) is 0 Å². The average molecular weight is 208 g/mol. The van der Waals surface area contributed by atoms with Crippen LogP contribution >= 0.6 is 0 Å². The SMILES string of the molecule is CCOC(=O)N/N=C\c1ccccc1O. The van der Waals surface area contributed by atoms with Crippen LogP contribution in [0.15, 0.2) is 29.4 Å². The van der Waals surface area contributed by atoms with Gasteiger partial charge in [0.15, 0.2) is 0 Å². The van der Waals surface area contributed by atoms with Gasteiger partial charge in [-0.25, -0.2) is 10.2 Å². The van der Waals surface area contributed by atoms with Crippen molar-refractivity contribution in [2.45, 2.75) is 6.92 Å². The molecular weight excluding hydrogens is 196 g/mol. The highest BCUT2D eigenvalue weighted by Crippen LogP contribution is 2.12. The van der Waals surface area contributed by atoms with Crippen molar-refractivity contribution in [3.05, 3.63) is 29.8 Å². The van der Waals surface area contributed by atoms with Gasteiger partial charge in [0.2, 0.25) is 0 Å². The van der Waals surface area contributed by atoms with E-state index in [-0.39, 0.29) is 12.4 Å². The molecule has 1 amide bonds. The molecule has 5 nitrogen and oxygen atoms in total. The van der Waals surface area contributed by atoms with Gasteiger partial charge in [0.1, 0.15) is 5.75 Å². The summed E-state index contributed by atoms with van der Waals surface area (Å²) in [7, 11) is 0. The van der Waals surface area contributed by atoms with Gasteiger partial charge in [0, 0.05) is 5.56 Å². The highest BCUT2D eigenvalue weighted by atomic mass is 16.5. The van der Waals surface area contributed by atoms with Gasteiger partial charge in [-0.3, -0.25) is 0 Å². The van der Waals surface area contributed by atoms with Crippen LogP contribution in [0.4, 0.5) is 4.79 Å². The minimum Gasteiger partial charge on any atom is -0.507 e. The molecule has 0 saturated carbocycles. The van der Waals surface area contributed by atoms with E-state index in [1.165, 1.54) is 12.3 Å². The second-order valence-electron chi connectivity index (χ2n) is 2.65. The molecule has 1 aromatic carbocycles. The molecule has 0 aromatic heterocycles. The van der Waals surface area contributed by atoms with E-state index < -0.39 is 6.09 Å². The Morgan fingerprint density at radius 2 is 2.33 bits per heavy atom. The number of para-hydroxylation sites is 1. The standard InChI is InChI=1S/C10H12N2O3/c1-2-15-10(14)12-11-7-8-5-3-4-6-9(8)13/h3-7,13H,2H2,1H3,(H,12,14)/b11-7-. The molecule has 0 aliphatic carbocycles. The molecule has 0 atom stereocenters. The number of benzene rings is 1. The van der Waals surface area contributed by atoms with Crippen molar-refractivity contribution in [2.75, 3.05) is 6.61 Å². The van der Waals surface area contributed by atoms with Crippen LogP contribution in [0, 0.1) is 0 Å². The number of nitrogens with one attached hydrogen (secondary N) is 1. The third kappa shape index (κ3) is 3.68. The Balaban J connectivity index is 2.52. The number of carbonyl (C=O) groups is 1. The molecule has 15 heavy (non-hydrogen) atoms. The summed E-state index contributed by atoms with van der Waals surface area (Å²) in [6.07, 6.45) is 0.718. The van der Waals surface area contributed by atoms with Crippen molar-refractivity contribution in [2.24, 2.45) is 5.10 Å². The van der Waals surface area contributed by atoms with Gasteiger partial charge in [0.05, 0.1) is 12.8 Å². The summed E-state index contributed by atoms with van der Waals surface area (Å²) in [5.41, 5.74) is 2.68. The van der Waals surface area contributed by atoms with Crippen LogP contribution in [-0.4, -0.2) is 24.0 Å². The number of phenols is 1. The predicted octanol–water partition coefficient (Wildman–Crippen LogP) is 1.47. The van der Waals surface area contributed by atoms with E-state index in [4.69, 9.17) is 0 Å². The summed E-state index contributed by atoms with van der Waals surface area (Å²) >= 11 is 0. The molecule has 0 heterocycles. The average Bonchev–Trinajstić information content (AvgIpc) is 2.21. The maximum atomic E-state index is 10.8. The Kier molecular flexibility index (Phi) is 4.15. The van der Waals surface area contributed by atoms with E-state index in [1.54, 1.807) is 25.1 Å². The van der Waals surface area contributed by atoms with Gasteiger partial charge in [-0.05, 0) is 19.1 Å². The summed E-state index contributed by atoms with van der Waals surface area (Å²) in [6.45, 7) is 1.99. The number of amides is 1. The highest BCUT2D eigenvalue weighted by Gasteiger charge is 1.97. The minimum absolute atomic E-state index is 0.104. The van der Waals surface area contributed by atoms with Crippen molar-refractivity contribution < 1.29 is 14.6 Å². The van der Waals surface area contributed by atoms with Crippen LogP contribution in [0.5, 0.6) is 5.75 Å². The van der Waals surface area contributed by atoms with Gasteiger partial charge >= 0.3 is 6.09 Å². The van der Waals surface area contributed by atoms with E-state index >= 15 is 0 Å². The monoisotopic (exact) mass is 208 g/mol. The molecule has 0 saturated heterocycles. The lowest BCUT2D eigenvalue weighted by Crippen LogP contribution is -2.18. The number of carbonyl (C=O) groups excluding carboxylic acids is 1. The molecule has 5 heteroatoms. The zero-order chi connectivity index (χ0) is 11.1. The predicted molar refractivity (Wildman–Crippen MR) is 55.9 cm³/mol. The summed E-state index contributed by atoms with van der Waals surface area (Å²) in [6, 6.07) is 6.66. The lowest BCUT2D eigenvalue weighted by Gasteiger charge is -1.99. The Labute approximate surface area is 87.4 Å². The fourth-order valence-corrected chi connectivity index (χ4v) is 0.915. The van der Waals surface area contributed by atoms with Gasteiger partial charge in [0.25, 0.3) is 0 Å². The molecule has 0 aliphatic rings. The number of hydrazone groups is 1. The van der Waals surface area contributed by atoms with Gasteiger partial charge in [-0.15, -0.1) is 0 Å². The first kappa shape index (κ1) is 11.0. The molecule has 2 N–H and O–H groups in total. The highest BCUT2D eigenvalue weighted by molar-refractivity contribution is 5.84. The van der Waals surface area contributed by atoms with Gasteiger partial charge in [-0.1, -0.05) is 12.1 Å². The number of aromatic hydroxyl groups is 1. The zero-order valence-corrected chi connectivity index (χ0v) is 8.30. The molecule has 1 rings (SSSR count). The summed E-state index contributed by atoms with van der Waals surface area (Å²) in [4.78, 5) is 10.8. The van der Waals surface area contributed by atoms with Crippen LogP contribution in [0.1, 0.15) is 12.5 Å². The molecule has 0 bridgehead atoms. The number of hydrogen-bond donors (Lipinski definition) is 2. The summed E-state index contributed by atoms with van der Waals surface area (Å²) < 4.78 is 4.58. The topological polar surface area (TPSA) is 70.9 Å². The maximum Gasteiger partial charge on any atom is 0.427 e. The van der Waals surface area contributed by atoms with Crippen molar-refractivity contribution in [1.82, 2.24) is 5.43 Å².